The van der Waals surface area contributed by atoms with E-state index in [0.717, 1.165) is 11.1 Å². The lowest BCUT2D eigenvalue weighted by Gasteiger charge is -2.05. The van der Waals surface area contributed by atoms with Crippen LogP contribution < -0.4 is 0 Å². The Bertz CT molecular complexity index is 683. The average Bonchev–Trinajstić information content (AvgIpc) is 2.55. The molecule has 0 aliphatic rings. The summed E-state index contributed by atoms with van der Waals surface area (Å²) < 4.78 is 13.5. The Kier molecular flexibility index (Phi) is 8.92. The zero-order valence-corrected chi connectivity index (χ0v) is 14.0. The highest BCUT2D eigenvalue weighted by Crippen LogP contribution is 2.07. The Morgan fingerprint density at radius 1 is 1.08 bits per heavy atom. The van der Waals surface area contributed by atoms with Crippen molar-refractivity contribution in [2.75, 3.05) is 6.61 Å². The molecule has 0 bridgehead atoms. The predicted octanol–water partition coefficient (Wildman–Crippen LogP) is 4.91. The van der Waals surface area contributed by atoms with Crippen LogP contribution in [0.3, 0.4) is 0 Å². The molecule has 0 heterocycles. The van der Waals surface area contributed by atoms with Gasteiger partial charge in [0.2, 0.25) is 0 Å². The molecule has 0 amide bonds. The summed E-state index contributed by atoms with van der Waals surface area (Å²) in [4.78, 5) is 21.7. The first-order chi connectivity index (χ1) is 12.0. The van der Waals surface area contributed by atoms with Crippen molar-refractivity contribution < 1.29 is 28.9 Å². The van der Waals surface area contributed by atoms with Crippen LogP contribution >= 0.6 is 0 Å². The Hall–Kier alpha value is -3.28. The number of carboxylic acid groups (broad SMARTS) is 1. The topological polar surface area (TPSA) is 82.1 Å². The number of ether oxygens (including phenoxy) is 3. The van der Waals surface area contributed by atoms with E-state index in [1.54, 1.807) is 19.1 Å². The summed E-state index contributed by atoms with van der Waals surface area (Å²) in [5, 5.41) is 8.60. The summed E-state index contributed by atoms with van der Waals surface area (Å²) in [7, 11) is 0. The Morgan fingerprint density at radius 3 is 2.44 bits per heavy atom. The molecule has 6 nitrogen and oxygen atoms in total. The van der Waals surface area contributed by atoms with Crippen LogP contribution in [0.4, 0.5) is 9.59 Å². The van der Waals surface area contributed by atoms with Gasteiger partial charge in [-0.05, 0) is 19.4 Å². The summed E-state index contributed by atoms with van der Waals surface area (Å²) in [5.41, 5.74) is 2.12. The van der Waals surface area contributed by atoms with E-state index in [-0.39, 0.29) is 6.61 Å². The van der Waals surface area contributed by atoms with Crippen molar-refractivity contribution in [1.29, 1.82) is 0 Å². The van der Waals surface area contributed by atoms with Crippen LogP contribution in [-0.2, 0) is 14.2 Å². The van der Waals surface area contributed by atoms with E-state index in [2.05, 4.69) is 14.2 Å². The highest BCUT2D eigenvalue weighted by Gasteiger charge is 2.11. The van der Waals surface area contributed by atoms with Crippen LogP contribution in [0.25, 0.3) is 6.08 Å². The number of allylic oxidation sites excluding steroid dienone is 6. The molecule has 1 rings (SSSR count). The molecule has 0 aromatic heterocycles. The van der Waals surface area contributed by atoms with E-state index in [1.807, 2.05) is 49.4 Å². The van der Waals surface area contributed by atoms with Gasteiger partial charge in [-0.1, -0.05) is 66.3 Å². The molecule has 1 aromatic rings. The van der Waals surface area contributed by atoms with Crippen molar-refractivity contribution in [3.8, 4) is 0 Å². The molecule has 132 valence electrons. The predicted molar refractivity (Wildman–Crippen MR) is 93.7 cm³/mol. The smallest absolute Gasteiger partial charge is 0.449 e. The SMILES string of the molecule is CCOC(=O)OC(=CC=CC=CC(C)=Cc1ccccc1)OC(=O)O. The van der Waals surface area contributed by atoms with E-state index in [9.17, 15) is 9.59 Å². The summed E-state index contributed by atoms with van der Waals surface area (Å²) >= 11 is 0. The minimum atomic E-state index is -1.60. The van der Waals surface area contributed by atoms with Gasteiger partial charge in [0.05, 0.1) is 6.61 Å². The standard InChI is InChI=1S/C19H20O6/c1-3-23-19(22)25-17(24-18(20)21)13-9-4-6-10-15(2)14-16-11-7-5-8-12-16/h4-14H,3H2,1-2H3,(H,20,21). The van der Waals surface area contributed by atoms with E-state index in [0.29, 0.717) is 0 Å². The Balaban J connectivity index is 2.66. The largest absolute Gasteiger partial charge is 0.516 e. The highest BCUT2D eigenvalue weighted by atomic mass is 16.8. The molecule has 1 N–H and O–H groups in total. The van der Waals surface area contributed by atoms with Gasteiger partial charge >= 0.3 is 18.3 Å². The van der Waals surface area contributed by atoms with Crippen LogP contribution in [0.5, 0.6) is 0 Å². The molecule has 0 saturated heterocycles. The number of benzene rings is 1. The summed E-state index contributed by atoms with van der Waals surface area (Å²) in [5.74, 6) is -0.493. The summed E-state index contributed by atoms with van der Waals surface area (Å²) in [6, 6.07) is 9.87. The van der Waals surface area contributed by atoms with Gasteiger partial charge in [-0.2, -0.15) is 0 Å². The van der Waals surface area contributed by atoms with Gasteiger partial charge in [0, 0.05) is 6.08 Å². The van der Waals surface area contributed by atoms with Crippen LogP contribution in [-0.4, -0.2) is 24.0 Å². The first kappa shape index (κ1) is 19.8. The second-order valence-corrected chi connectivity index (χ2v) is 4.68. The molecule has 1 aromatic carbocycles. The van der Waals surface area contributed by atoms with Gasteiger partial charge in [0.1, 0.15) is 0 Å². The molecular formula is C19H20O6. The van der Waals surface area contributed by atoms with Gasteiger partial charge in [-0.15, -0.1) is 0 Å². The molecule has 0 radical (unpaired) electrons. The third-order valence-electron chi connectivity index (χ3n) is 2.64. The molecule has 0 aliphatic heterocycles. The number of carbonyl (C=O) groups is 2. The van der Waals surface area contributed by atoms with Gasteiger partial charge in [-0.25, -0.2) is 9.59 Å². The molecule has 0 fully saturated rings. The van der Waals surface area contributed by atoms with Crippen molar-refractivity contribution >= 4 is 18.4 Å². The van der Waals surface area contributed by atoms with Gasteiger partial charge in [0.25, 0.3) is 0 Å². The van der Waals surface area contributed by atoms with Crippen LogP contribution in [0.15, 0.2) is 72.2 Å². The van der Waals surface area contributed by atoms with Crippen molar-refractivity contribution in [3.63, 3.8) is 0 Å². The molecule has 6 heteroatoms. The quantitative estimate of drug-likeness (QED) is 0.430. The van der Waals surface area contributed by atoms with Crippen molar-refractivity contribution in [3.05, 3.63) is 77.8 Å². The van der Waals surface area contributed by atoms with Crippen LogP contribution in [0.1, 0.15) is 19.4 Å². The van der Waals surface area contributed by atoms with E-state index in [1.165, 1.54) is 12.2 Å². The fourth-order valence-electron chi connectivity index (χ4n) is 1.67. The highest BCUT2D eigenvalue weighted by molar-refractivity contribution is 5.63. The van der Waals surface area contributed by atoms with Crippen LogP contribution in [0, 0.1) is 0 Å². The first-order valence-electron chi connectivity index (χ1n) is 7.55. The average molecular weight is 344 g/mol. The Labute approximate surface area is 146 Å². The Morgan fingerprint density at radius 2 is 1.80 bits per heavy atom. The van der Waals surface area contributed by atoms with Gasteiger partial charge < -0.3 is 19.3 Å². The summed E-state index contributed by atoms with van der Waals surface area (Å²) in [6.45, 7) is 3.65. The number of hydrogen-bond donors (Lipinski definition) is 1. The summed E-state index contributed by atoms with van der Waals surface area (Å²) in [6.07, 6.45) is 7.33. The van der Waals surface area contributed by atoms with Crippen LogP contribution in [0.2, 0.25) is 0 Å². The second-order valence-electron chi connectivity index (χ2n) is 4.68. The molecule has 0 unspecified atom stereocenters. The monoisotopic (exact) mass is 344 g/mol. The van der Waals surface area contributed by atoms with Crippen molar-refractivity contribution in [2.24, 2.45) is 0 Å². The molecule has 0 spiro atoms. The second kappa shape index (κ2) is 11.3. The molecule has 0 saturated carbocycles. The molecule has 0 atom stereocenters. The maximum Gasteiger partial charge on any atom is 0.516 e. The number of carbonyl (C=O) groups excluding carboxylic acids is 1. The molecule has 0 aliphatic carbocycles. The lowest BCUT2D eigenvalue weighted by atomic mass is 10.1. The third kappa shape index (κ3) is 9.45. The molecular weight excluding hydrogens is 324 g/mol. The number of hydrogen-bond acceptors (Lipinski definition) is 5. The number of rotatable bonds is 7. The first-order valence-corrected chi connectivity index (χ1v) is 7.55. The molecule has 25 heavy (non-hydrogen) atoms. The lowest BCUT2D eigenvalue weighted by molar-refractivity contribution is 0.0269. The van der Waals surface area contributed by atoms with Crippen molar-refractivity contribution in [2.45, 2.75) is 13.8 Å². The van der Waals surface area contributed by atoms with E-state index in [4.69, 9.17) is 5.11 Å². The van der Waals surface area contributed by atoms with Gasteiger partial charge in [0.15, 0.2) is 0 Å². The van der Waals surface area contributed by atoms with E-state index < -0.39 is 18.3 Å². The van der Waals surface area contributed by atoms with Gasteiger partial charge in [-0.3, -0.25) is 0 Å². The fourth-order valence-corrected chi connectivity index (χ4v) is 1.67. The van der Waals surface area contributed by atoms with E-state index >= 15 is 0 Å². The maximum absolute atomic E-state index is 11.2. The minimum Gasteiger partial charge on any atom is -0.449 e. The minimum absolute atomic E-state index is 0.102. The maximum atomic E-state index is 11.2. The zero-order valence-electron chi connectivity index (χ0n) is 14.0. The van der Waals surface area contributed by atoms with Crippen molar-refractivity contribution in [1.82, 2.24) is 0 Å². The normalized spacial score (nSPS) is 12.4. The zero-order chi connectivity index (χ0) is 18.5. The fraction of sp³-hybridized carbons (Fsp3) is 0.158. The lowest BCUT2D eigenvalue weighted by Crippen LogP contribution is -2.11. The third-order valence-corrected chi connectivity index (χ3v) is 2.64.